The van der Waals surface area contributed by atoms with E-state index in [1.165, 1.54) is 5.56 Å². The summed E-state index contributed by atoms with van der Waals surface area (Å²) in [6, 6.07) is 2.45. The van der Waals surface area contributed by atoms with Gasteiger partial charge in [-0.25, -0.2) is 4.98 Å². The highest BCUT2D eigenvalue weighted by Crippen LogP contribution is 2.20. The van der Waals surface area contributed by atoms with Crippen molar-refractivity contribution in [2.75, 3.05) is 5.32 Å². The molecule has 0 aromatic carbocycles. The summed E-state index contributed by atoms with van der Waals surface area (Å²) < 4.78 is 2.14. The smallest absolute Gasteiger partial charge is 0.203 e. The van der Waals surface area contributed by atoms with E-state index >= 15 is 0 Å². The molecule has 0 fully saturated rings. The minimum absolute atomic E-state index is 0.304. The maximum Gasteiger partial charge on any atom is 0.203 e. The molecule has 0 saturated heterocycles. The minimum atomic E-state index is 0.304. The number of imidazole rings is 1. The van der Waals surface area contributed by atoms with Crippen LogP contribution in [0.15, 0.2) is 23.0 Å². The van der Waals surface area contributed by atoms with E-state index in [0.29, 0.717) is 6.04 Å². The summed E-state index contributed by atoms with van der Waals surface area (Å²) in [7, 11) is 0. The van der Waals surface area contributed by atoms with Gasteiger partial charge in [0.1, 0.15) is 0 Å². The molecular formula is C12H17N3S. The summed E-state index contributed by atoms with van der Waals surface area (Å²) in [6.07, 6.45) is 2.07. The average Bonchev–Trinajstić information content (AvgIpc) is 2.87. The Hall–Kier alpha value is -1.29. The van der Waals surface area contributed by atoms with Crippen molar-refractivity contribution in [1.82, 2.24) is 9.55 Å². The number of rotatable bonds is 4. The van der Waals surface area contributed by atoms with Gasteiger partial charge in [-0.3, -0.25) is 0 Å². The number of hydrogen-bond donors (Lipinski definition) is 1. The number of anilines is 1. The molecule has 1 N–H and O–H groups in total. The first-order valence-corrected chi connectivity index (χ1v) is 6.47. The van der Waals surface area contributed by atoms with Crippen molar-refractivity contribution in [1.29, 1.82) is 0 Å². The third-order valence-electron chi connectivity index (χ3n) is 2.63. The largest absolute Gasteiger partial charge is 0.349 e. The Morgan fingerprint density at radius 2 is 2.38 bits per heavy atom. The molecule has 0 aliphatic carbocycles. The normalized spacial score (nSPS) is 12.7. The molecule has 16 heavy (non-hydrogen) atoms. The number of hydrogen-bond acceptors (Lipinski definition) is 3. The van der Waals surface area contributed by atoms with Crippen LogP contribution < -0.4 is 5.32 Å². The molecule has 2 heterocycles. The van der Waals surface area contributed by atoms with Gasteiger partial charge in [-0.15, -0.1) is 0 Å². The number of nitrogens with one attached hydrogen (secondary N) is 1. The monoisotopic (exact) mass is 235 g/mol. The lowest BCUT2D eigenvalue weighted by Gasteiger charge is -2.14. The Morgan fingerprint density at radius 3 is 3.00 bits per heavy atom. The van der Waals surface area contributed by atoms with Crippen LogP contribution in [0, 0.1) is 6.92 Å². The van der Waals surface area contributed by atoms with E-state index in [1.807, 2.05) is 6.92 Å². The summed E-state index contributed by atoms with van der Waals surface area (Å²) >= 11 is 1.73. The van der Waals surface area contributed by atoms with E-state index in [1.54, 1.807) is 11.3 Å². The first-order valence-electron chi connectivity index (χ1n) is 5.53. The molecule has 2 aromatic heterocycles. The molecular weight excluding hydrogens is 218 g/mol. The lowest BCUT2D eigenvalue weighted by molar-refractivity contribution is 0.744. The molecule has 0 bridgehead atoms. The van der Waals surface area contributed by atoms with Crippen LogP contribution in [-0.4, -0.2) is 9.55 Å². The van der Waals surface area contributed by atoms with Crippen LogP contribution in [0.4, 0.5) is 5.95 Å². The van der Waals surface area contributed by atoms with Gasteiger partial charge in [-0.05, 0) is 43.2 Å². The van der Waals surface area contributed by atoms with Crippen molar-refractivity contribution in [2.24, 2.45) is 0 Å². The Morgan fingerprint density at radius 1 is 1.56 bits per heavy atom. The Labute approximate surface area is 100 Å². The molecule has 0 amide bonds. The van der Waals surface area contributed by atoms with Crippen molar-refractivity contribution < 1.29 is 0 Å². The highest BCUT2D eigenvalue weighted by molar-refractivity contribution is 7.07. The molecule has 0 radical (unpaired) electrons. The summed E-state index contributed by atoms with van der Waals surface area (Å²) in [5.41, 5.74) is 2.37. The Balaban J connectivity index is 2.14. The van der Waals surface area contributed by atoms with Crippen LogP contribution in [0.2, 0.25) is 0 Å². The van der Waals surface area contributed by atoms with Crippen LogP contribution in [0.1, 0.15) is 31.1 Å². The van der Waals surface area contributed by atoms with Gasteiger partial charge in [0.05, 0.1) is 11.7 Å². The van der Waals surface area contributed by atoms with Gasteiger partial charge in [0.2, 0.25) is 5.95 Å². The van der Waals surface area contributed by atoms with Crippen molar-refractivity contribution in [2.45, 2.75) is 33.4 Å². The zero-order valence-corrected chi connectivity index (χ0v) is 10.7. The van der Waals surface area contributed by atoms with Crippen molar-refractivity contribution in [3.63, 3.8) is 0 Å². The lowest BCUT2D eigenvalue weighted by atomic mass is 10.2. The van der Waals surface area contributed by atoms with Crippen LogP contribution >= 0.6 is 11.3 Å². The lowest BCUT2D eigenvalue weighted by Crippen LogP contribution is -2.10. The second kappa shape index (κ2) is 4.70. The number of nitrogens with zero attached hydrogens (tertiary/aromatic N) is 2. The molecule has 0 saturated carbocycles. The first kappa shape index (κ1) is 11.2. The summed E-state index contributed by atoms with van der Waals surface area (Å²) in [6.45, 7) is 7.25. The van der Waals surface area contributed by atoms with E-state index in [4.69, 9.17) is 0 Å². The standard InChI is InChI=1S/C12H17N3S/c1-4-15-7-9(2)13-12(15)14-10(3)11-5-6-16-8-11/h5-8,10H,4H2,1-3H3,(H,13,14). The quantitative estimate of drug-likeness (QED) is 0.879. The predicted octanol–water partition coefficient (Wildman–Crippen LogP) is 3.45. The van der Waals surface area contributed by atoms with Crippen LogP contribution in [0.3, 0.4) is 0 Å². The molecule has 0 spiro atoms. The molecule has 1 atom stereocenters. The maximum absolute atomic E-state index is 4.49. The minimum Gasteiger partial charge on any atom is -0.349 e. The first-order chi connectivity index (χ1) is 7.70. The zero-order valence-electron chi connectivity index (χ0n) is 9.90. The van der Waals surface area contributed by atoms with E-state index in [2.05, 4.69) is 51.7 Å². The highest BCUT2D eigenvalue weighted by atomic mass is 32.1. The molecule has 4 heteroatoms. The molecule has 2 aromatic rings. The Kier molecular flexibility index (Phi) is 3.29. The van der Waals surface area contributed by atoms with Gasteiger partial charge in [0.15, 0.2) is 0 Å². The molecule has 0 aliphatic rings. The van der Waals surface area contributed by atoms with Gasteiger partial charge in [0, 0.05) is 12.7 Å². The average molecular weight is 235 g/mol. The highest BCUT2D eigenvalue weighted by Gasteiger charge is 2.09. The third kappa shape index (κ3) is 2.27. The third-order valence-corrected chi connectivity index (χ3v) is 3.33. The number of aromatic nitrogens is 2. The Bertz CT molecular complexity index is 445. The van der Waals surface area contributed by atoms with E-state index in [0.717, 1.165) is 18.2 Å². The van der Waals surface area contributed by atoms with Crippen LogP contribution in [0.5, 0.6) is 0 Å². The van der Waals surface area contributed by atoms with E-state index in [9.17, 15) is 0 Å². The van der Waals surface area contributed by atoms with Crippen molar-refractivity contribution in [3.05, 3.63) is 34.3 Å². The second-order valence-corrected chi connectivity index (χ2v) is 4.69. The summed E-state index contributed by atoms with van der Waals surface area (Å²) in [5, 5.41) is 7.72. The van der Waals surface area contributed by atoms with Gasteiger partial charge >= 0.3 is 0 Å². The molecule has 2 rings (SSSR count). The fourth-order valence-electron chi connectivity index (χ4n) is 1.70. The fourth-order valence-corrected chi connectivity index (χ4v) is 2.46. The van der Waals surface area contributed by atoms with Gasteiger partial charge in [-0.2, -0.15) is 11.3 Å². The van der Waals surface area contributed by atoms with Crippen molar-refractivity contribution in [3.8, 4) is 0 Å². The van der Waals surface area contributed by atoms with Crippen LogP contribution in [0.25, 0.3) is 0 Å². The van der Waals surface area contributed by atoms with Gasteiger partial charge in [-0.1, -0.05) is 0 Å². The predicted molar refractivity (Wildman–Crippen MR) is 69.0 cm³/mol. The molecule has 0 aliphatic heterocycles. The van der Waals surface area contributed by atoms with Crippen LogP contribution in [-0.2, 0) is 6.54 Å². The SMILES string of the molecule is CCn1cc(C)nc1NC(C)c1ccsc1. The van der Waals surface area contributed by atoms with E-state index < -0.39 is 0 Å². The van der Waals surface area contributed by atoms with Gasteiger partial charge < -0.3 is 9.88 Å². The number of aryl methyl sites for hydroxylation is 2. The second-order valence-electron chi connectivity index (χ2n) is 3.91. The molecule has 3 nitrogen and oxygen atoms in total. The molecule has 86 valence electrons. The summed E-state index contributed by atoms with van der Waals surface area (Å²) in [5.74, 6) is 0.957. The zero-order chi connectivity index (χ0) is 11.5. The summed E-state index contributed by atoms with van der Waals surface area (Å²) in [4.78, 5) is 4.49. The topological polar surface area (TPSA) is 29.9 Å². The maximum atomic E-state index is 4.49. The van der Waals surface area contributed by atoms with Gasteiger partial charge in [0.25, 0.3) is 0 Å². The van der Waals surface area contributed by atoms with E-state index in [-0.39, 0.29) is 0 Å². The molecule has 1 unspecified atom stereocenters. The fraction of sp³-hybridized carbons (Fsp3) is 0.417. The number of thiophene rings is 1. The van der Waals surface area contributed by atoms with Crippen molar-refractivity contribution >= 4 is 17.3 Å².